The van der Waals surface area contributed by atoms with Gasteiger partial charge in [-0.25, -0.2) is 9.78 Å². The second kappa shape index (κ2) is 11.0. The molecule has 0 bridgehead atoms. The molecule has 1 aromatic heterocycles. The third kappa shape index (κ3) is 5.95. The molecule has 4 aromatic rings. The number of carbonyl (C=O) groups excluding carboxylic acids is 1. The van der Waals surface area contributed by atoms with Gasteiger partial charge >= 0.3 is 6.09 Å². The molecule has 0 aliphatic heterocycles. The number of hydrogen-bond donors (Lipinski definition) is 1. The summed E-state index contributed by atoms with van der Waals surface area (Å²) in [6.07, 6.45) is 0.0512. The van der Waals surface area contributed by atoms with Gasteiger partial charge in [0.2, 0.25) is 5.89 Å². The van der Waals surface area contributed by atoms with Gasteiger partial charge in [-0.15, -0.1) is 0 Å². The van der Waals surface area contributed by atoms with Gasteiger partial charge in [-0.1, -0.05) is 36.4 Å². The summed E-state index contributed by atoms with van der Waals surface area (Å²) in [6, 6.07) is 24.2. The Labute approximate surface area is 198 Å². The highest BCUT2D eigenvalue weighted by atomic mass is 16.6. The SMILES string of the molecule is COc1ccc(OC(=O)NCc2ccccc2OCCc2nc(-c3ccccc3)oc2C)cc1. The molecule has 0 atom stereocenters. The van der Waals surface area contributed by atoms with Crippen LogP contribution < -0.4 is 19.5 Å². The number of amides is 1. The first-order valence-electron chi connectivity index (χ1n) is 10.9. The average Bonchev–Trinajstić information content (AvgIpc) is 3.25. The van der Waals surface area contributed by atoms with E-state index in [0.29, 0.717) is 36.2 Å². The van der Waals surface area contributed by atoms with Crippen molar-refractivity contribution >= 4 is 6.09 Å². The first-order chi connectivity index (χ1) is 16.6. The van der Waals surface area contributed by atoms with Crippen LogP contribution in [0.15, 0.2) is 83.3 Å². The lowest BCUT2D eigenvalue weighted by Crippen LogP contribution is -2.26. The number of rotatable bonds is 9. The molecule has 0 spiro atoms. The Kier molecular flexibility index (Phi) is 7.45. The van der Waals surface area contributed by atoms with Gasteiger partial charge in [0.1, 0.15) is 23.0 Å². The van der Waals surface area contributed by atoms with E-state index in [1.807, 2.05) is 61.5 Å². The van der Waals surface area contributed by atoms with Crippen molar-refractivity contribution in [1.82, 2.24) is 10.3 Å². The van der Waals surface area contributed by atoms with Crippen LogP contribution in [0.4, 0.5) is 4.79 Å². The Hall–Kier alpha value is -4.26. The smallest absolute Gasteiger partial charge is 0.412 e. The monoisotopic (exact) mass is 458 g/mol. The number of nitrogens with zero attached hydrogens (tertiary/aromatic N) is 1. The Morgan fingerprint density at radius 3 is 2.41 bits per heavy atom. The van der Waals surface area contributed by atoms with Crippen LogP contribution in [0.1, 0.15) is 17.0 Å². The lowest BCUT2D eigenvalue weighted by molar-refractivity contribution is 0.199. The van der Waals surface area contributed by atoms with E-state index in [1.54, 1.807) is 31.4 Å². The molecule has 0 unspecified atom stereocenters. The molecule has 0 fully saturated rings. The summed E-state index contributed by atoms with van der Waals surface area (Å²) in [5.74, 6) is 3.19. The van der Waals surface area contributed by atoms with Crippen molar-refractivity contribution in [3.63, 3.8) is 0 Å². The van der Waals surface area contributed by atoms with Crippen LogP contribution in [-0.4, -0.2) is 24.8 Å². The van der Waals surface area contributed by atoms with Gasteiger partial charge in [-0.3, -0.25) is 0 Å². The lowest BCUT2D eigenvalue weighted by atomic mass is 10.2. The molecule has 0 saturated heterocycles. The van der Waals surface area contributed by atoms with Crippen molar-refractivity contribution in [3.8, 4) is 28.7 Å². The Balaban J connectivity index is 1.30. The summed E-state index contributed by atoms with van der Waals surface area (Å²) in [5.41, 5.74) is 2.64. The van der Waals surface area contributed by atoms with Crippen molar-refractivity contribution in [2.45, 2.75) is 19.9 Å². The largest absolute Gasteiger partial charge is 0.497 e. The molecule has 0 radical (unpaired) electrons. The van der Waals surface area contributed by atoms with Crippen LogP contribution in [0.3, 0.4) is 0 Å². The molecule has 1 N–H and O–H groups in total. The quantitative estimate of drug-likeness (QED) is 0.353. The fraction of sp³-hybridized carbons (Fsp3) is 0.185. The van der Waals surface area contributed by atoms with Gasteiger partial charge in [0.05, 0.1) is 19.4 Å². The Morgan fingerprint density at radius 2 is 1.65 bits per heavy atom. The molecule has 1 heterocycles. The van der Waals surface area contributed by atoms with Crippen LogP contribution in [-0.2, 0) is 13.0 Å². The summed E-state index contributed by atoms with van der Waals surface area (Å²) in [6.45, 7) is 2.60. The predicted octanol–water partition coefficient (Wildman–Crippen LogP) is 5.57. The number of ether oxygens (including phenoxy) is 3. The van der Waals surface area contributed by atoms with Crippen LogP contribution in [0.5, 0.6) is 17.2 Å². The van der Waals surface area contributed by atoms with Crippen LogP contribution in [0.2, 0.25) is 0 Å². The second-order valence-electron chi connectivity index (χ2n) is 7.51. The van der Waals surface area contributed by atoms with Crippen LogP contribution in [0.25, 0.3) is 11.5 Å². The summed E-state index contributed by atoms with van der Waals surface area (Å²) < 4.78 is 22.2. The zero-order chi connectivity index (χ0) is 23.8. The summed E-state index contributed by atoms with van der Waals surface area (Å²) >= 11 is 0. The van der Waals surface area contributed by atoms with E-state index in [-0.39, 0.29) is 6.54 Å². The highest BCUT2D eigenvalue weighted by molar-refractivity contribution is 5.70. The molecule has 3 aromatic carbocycles. The number of methoxy groups -OCH3 is 1. The predicted molar refractivity (Wildman–Crippen MR) is 128 cm³/mol. The van der Waals surface area contributed by atoms with Crippen LogP contribution in [0, 0.1) is 6.92 Å². The number of carbonyl (C=O) groups is 1. The second-order valence-corrected chi connectivity index (χ2v) is 7.51. The maximum absolute atomic E-state index is 12.2. The van der Waals surface area contributed by atoms with Gasteiger partial charge in [0.15, 0.2) is 0 Å². The molecule has 0 aliphatic rings. The topological polar surface area (TPSA) is 82.8 Å². The minimum absolute atomic E-state index is 0.270. The number of benzene rings is 3. The molecule has 1 amide bonds. The third-order valence-electron chi connectivity index (χ3n) is 5.18. The van der Waals surface area contributed by atoms with Gasteiger partial charge in [-0.05, 0) is 49.4 Å². The molecular weight excluding hydrogens is 432 g/mol. The molecular formula is C27H26N2O5. The van der Waals surface area contributed by atoms with Crippen molar-refractivity contribution < 1.29 is 23.4 Å². The molecule has 7 nitrogen and oxygen atoms in total. The summed E-state index contributed by atoms with van der Waals surface area (Å²) in [7, 11) is 1.58. The number of hydrogen-bond acceptors (Lipinski definition) is 6. The fourth-order valence-corrected chi connectivity index (χ4v) is 3.37. The van der Waals surface area contributed by atoms with E-state index in [4.69, 9.17) is 18.6 Å². The summed E-state index contributed by atoms with van der Waals surface area (Å²) in [4.78, 5) is 16.8. The normalized spacial score (nSPS) is 10.5. The Morgan fingerprint density at radius 1 is 0.941 bits per heavy atom. The standard InChI is InChI=1S/C27H26N2O5/c1-19-24(29-26(33-19)20-8-4-3-5-9-20)16-17-32-25-11-7-6-10-21(25)18-28-27(30)34-23-14-12-22(31-2)13-15-23/h3-15H,16-18H2,1-2H3,(H,28,30). The van der Waals surface area contributed by atoms with Crippen molar-refractivity contribution in [2.75, 3.05) is 13.7 Å². The van der Waals surface area contributed by atoms with E-state index in [9.17, 15) is 4.79 Å². The van der Waals surface area contributed by atoms with E-state index < -0.39 is 6.09 Å². The molecule has 0 aliphatic carbocycles. The number of aromatic nitrogens is 1. The molecule has 4 rings (SSSR count). The van der Waals surface area contributed by atoms with E-state index >= 15 is 0 Å². The Bertz CT molecular complexity index is 1220. The molecule has 174 valence electrons. The highest BCUT2D eigenvalue weighted by Gasteiger charge is 2.12. The van der Waals surface area contributed by atoms with E-state index in [1.165, 1.54) is 0 Å². The van der Waals surface area contributed by atoms with Gasteiger partial charge in [0.25, 0.3) is 0 Å². The van der Waals surface area contributed by atoms with E-state index in [0.717, 1.165) is 22.6 Å². The van der Waals surface area contributed by atoms with Gasteiger partial charge in [0, 0.05) is 24.1 Å². The number of oxazole rings is 1. The van der Waals surface area contributed by atoms with Crippen molar-refractivity contribution in [2.24, 2.45) is 0 Å². The molecule has 34 heavy (non-hydrogen) atoms. The maximum atomic E-state index is 12.2. The third-order valence-corrected chi connectivity index (χ3v) is 5.18. The van der Waals surface area contributed by atoms with Crippen LogP contribution >= 0.6 is 0 Å². The van der Waals surface area contributed by atoms with Crippen molar-refractivity contribution in [1.29, 1.82) is 0 Å². The minimum Gasteiger partial charge on any atom is -0.497 e. The molecule has 7 heteroatoms. The minimum atomic E-state index is -0.549. The first-order valence-corrected chi connectivity index (χ1v) is 10.9. The van der Waals surface area contributed by atoms with Crippen molar-refractivity contribution in [3.05, 3.63) is 95.9 Å². The lowest BCUT2D eigenvalue weighted by Gasteiger charge is -2.12. The number of para-hydroxylation sites is 1. The maximum Gasteiger partial charge on any atom is 0.412 e. The van der Waals surface area contributed by atoms with Gasteiger partial charge < -0.3 is 23.9 Å². The highest BCUT2D eigenvalue weighted by Crippen LogP contribution is 2.23. The average molecular weight is 459 g/mol. The van der Waals surface area contributed by atoms with Gasteiger partial charge in [-0.2, -0.15) is 0 Å². The summed E-state index contributed by atoms with van der Waals surface area (Å²) in [5, 5.41) is 2.76. The first kappa shape index (κ1) is 22.9. The fourth-order valence-electron chi connectivity index (χ4n) is 3.37. The number of aryl methyl sites for hydroxylation is 1. The van der Waals surface area contributed by atoms with E-state index in [2.05, 4.69) is 10.3 Å². The number of nitrogens with one attached hydrogen (secondary N) is 1. The molecule has 0 saturated carbocycles. The zero-order valence-corrected chi connectivity index (χ0v) is 19.1. The zero-order valence-electron chi connectivity index (χ0n) is 19.1.